The Bertz CT molecular complexity index is 890. The predicted molar refractivity (Wildman–Crippen MR) is 101 cm³/mol. The topological polar surface area (TPSA) is 51.2 Å². The number of aryl methyl sites for hydroxylation is 1. The largest absolute Gasteiger partial charge is 0.494 e. The van der Waals surface area contributed by atoms with Crippen LogP contribution >= 0.6 is 0 Å². The molecule has 0 unspecified atom stereocenters. The summed E-state index contributed by atoms with van der Waals surface area (Å²) in [5.41, 5.74) is 3.32. The van der Waals surface area contributed by atoms with Gasteiger partial charge in [-0.2, -0.15) is 0 Å². The van der Waals surface area contributed by atoms with E-state index in [-0.39, 0.29) is 5.91 Å². The maximum absolute atomic E-state index is 12.6. The number of nitrogens with one attached hydrogen (secondary N) is 1. The van der Waals surface area contributed by atoms with Crippen molar-refractivity contribution in [3.63, 3.8) is 0 Å². The summed E-state index contributed by atoms with van der Waals surface area (Å²) in [4.78, 5) is 17.0. The van der Waals surface area contributed by atoms with E-state index in [1.54, 1.807) is 18.3 Å². The molecule has 0 aliphatic carbocycles. The quantitative estimate of drug-likeness (QED) is 0.647. The van der Waals surface area contributed by atoms with E-state index in [1.807, 2.05) is 43.3 Å². The number of rotatable bonds is 6. The van der Waals surface area contributed by atoms with Crippen LogP contribution in [-0.2, 0) is 0 Å². The number of amides is 1. The SMILES string of the molecule is CCCCOc1cccc(C(=O)Nc2ccc(C)c3ncccc23)c1. The third-order valence-corrected chi connectivity index (χ3v) is 4.08. The lowest BCUT2D eigenvalue weighted by Crippen LogP contribution is -2.12. The number of anilines is 1. The third kappa shape index (κ3) is 3.97. The van der Waals surface area contributed by atoms with Crippen molar-refractivity contribution >= 4 is 22.5 Å². The number of carbonyl (C=O) groups is 1. The maximum atomic E-state index is 12.6. The summed E-state index contributed by atoms with van der Waals surface area (Å²) in [5, 5.41) is 3.92. The molecule has 1 aromatic heterocycles. The van der Waals surface area contributed by atoms with Crippen molar-refractivity contribution in [3.8, 4) is 5.75 Å². The average Bonchev–Trinajstić information content (AvgIpc) is 2.65. The van der Waals surface area contributed by atoms with E-state index in [9.17, 15) is 4.79 Å². The predicted octanol–water partition coefficient (Wildman–Crippen LogP) is 4.97. The van der Waals surface area contributed by atoms with Crippen LogP contribution in [0.3, 0.4) is 0 Å². The molecule has 0 saturated heterocycles. The van der Waals surface area contributed by atoms with E-state index in [1.165, 1.54) is 0 Å². The number of benzene rings is 2. The monoisotopic (exact) mass is 334 g/mol. The fourth-order valence-corrected chi connectivity index (χ4v) is 2.68. The van der Waals surface area contributed by atoms with Gasteiger partial charge in [0.15, 0.2) is 0 Å². The molecule has 0 saturated carbocycles. The van der Waals surface area contributed by atoms with Gasteiger partial charge < -0.3 is 10.1 Å². The number of hydrogen-bond donors (Lipinski definition) is 1. The zero-order valence-corrected chi connectivity index (χ0v) is 14.6. The molecule has 128 valence electrons. The van der Waals surface area contributed by atoms with E-state index in [0.717, 1.165) is 40.7 Å². The summed E-state index contributed by atoms with van der Waals surface area (Å²) < 4.78 is 5.68. The zero-order valence-electron chi connectivity index (χ0n) is 14.6. The van der Waals surface area contributed by atoms with Crippen molar-refractivity contribution in [2.24, 2.45) is 0 Å². The molecule has 3 rings (SSSR count). The number of hydrogen-bond acceptors (Lipinski definition) is 3. The lowest BCUT2D eigenvalue weighted by atomic mass is 10.1. The van der Waals surface area contributed by atoms with Crippen molar-refractivity contribution in [3.05, 3.63) is 65.9 Å². The summed E-state index contributed by atoms with van der Waals surface area (Å²) in [6.07, 6.45) is 3.84. The number of ether oxygens (including phenoxy) is 1. The van der Waals surface area contributed by atoms with Gasteiger partial charge in [-0.25, -0.2) is 0 Å². The van der Waals surface area contributed by atoms with Crippen LogP contribution in [0.1, 0.15) is 35.7 Å². The molecular weight excluding hydrogens is 312 g/mol. The van der Waals surface area contributed by atoms with Crippen LogP contribution in [0.15, 0.2) is 54.7 Å². The Labute approximate surface area is 147 Å². The smallest absolute Gasteiger partial charge is 0.255 e. The van der Waals surface area contributed by atoms with E-state index in [2.05, 4.69) is 17.2 Å². The first-order valence-electron chi connectivity index (χ1n) is 8.57. The molecule has 0 atom stereocenters. The van der Waals surface area contributed by atoms with Crippen LogP contribution in [0.5, 0.6) is 5.75 Å². The lowest BCUT2D eigenvalue weighted by molar-refractivity contribution is 0.102. The second-order valence-electron chi connectivity index (χ2n) is 6.01. The minimum atomic E-state index is -0.157. The lowest BCUT2D eigenvalue weighted by Gasteiger charge is -2.11. The minimum absolute atomic E-state index is 0.157. The van der Waals surface area contributed by atoms with E-state index < -0.39 is 0 Å². The van der Waals surface area contributed by atoms with Gasteiger partial charge in [0.25, 0.3) is 5.91 Å². The van der Waals surface area contributed by atoms with E-state index >= 15 is 0 Å². The summed E-state index contributed by atoms with van der Waals surface area (Å²) in [6.45, 7) is 4.79. The van der Waals surface area contributed by atoms with Crippen molar-refractivity contribution in [1.82, 2.24) is 4.98 Å². The van der Waals surface area contributed by atoms with Crippen molar-refractivity contribution in [1.29, 1.82) is 0 Å². The molecule has 4 heteroatoms. The fraction of sp³-hybridized carbons (Fsp3) is 0.238. The standard InChI is InChI=1S/C21H22N2O2/c1-3-4-13-25-17-8-5-7-16(14-17)21(24)23-19-11-10-15(2)20-18(19)9-6-12-22-20/h5-12,14H,3-4,13H2,1-2H3,(H,23,24). The van der Waals surface area contributed by atoms with E-state index in [4.69, 9.17) is 4.74 Å². The molecule has 2 aromatic carbocycles. The molecule has 0 aliphatic rings. The van der Waals surface area contributed by atoms with Crippen molar-refractivity contribution < 1.29 is 9.53 Å². The van der Waals surface area contributed by atoms with Gasteiger partial charge in [-0.3, -0.25) is 9.78 Å². The Morgan fingerprint density at radius 2 is 2.04 bits per heavy atom. The van der Waals surface area contributed by atoms with Crippen LogP contribution in [0, 0.1) is 6.92 Å². The molecule has 0 fully saturated rings. The molecule has 1 heterocycles. The van der Waals surface area contributed by atoms with Crippen LogP contribution < -0.4 is 10.1 Å². The molecule has 1 N–H and O–H groups in total. The average molecular weight is 334 g/mol. The Balaban J connectivity index is 1.81. The first-order chi connectivity index (χ1) is 12.2. The highest BCUT2D eigenvalue weighted by atomic mass is 16.5. The molecule has 25 heavy (non-hydrogen) atoms. The number of pyridine rings is 1. The summed E-state index contributed by atoms with van der Waals surface area (Å²) in [6, 6.07) is 15.0. The highest BCUT2D eigenvalue weighted by Gasteiger charge is 2.10. The van der Waals surface area contributed by atoms with E-state index in [0.29, 0.717) is 12.2 Å². The Kier molecular flexibility index (Phi) is 5.29. The van der Waals surface area contributed by atoms with Crippen molar-refractivity contribution in [2.45, 2.75) is 26.7 Å². The van der Waals surface area contributed by atoms with Crippen LogP contribution in [0.2, 0.25) is 0 Å². The second-order valence-corrected chi connectivity index (χ2v) is 6.01. The van der Waals surface area contributed by atoms with Gasteiger partial charge in [0.1, 0.15) is 5.75 Å². The van der Waals surface area contributed by atoms with Gasteiger partial charge in [0.2, 0.25) is 0 Å². The van der Waals surface area contributed by atoms with Gasteiger partial charge in [-0.05, 0) is 55.3 Å². The number of carbonyl (C=O) groups excluding carboxylic acids is 1. The van der Waals surface area contributed by atoms with Crippen LogP contribution in [0.4, 0.5) is 5.69 Å². The zero-order chi connectivity index (χ0) is 17.6. The Morgan fingerprint density at radius 3 is 2.88 bits per heavy atom. The normalized spacial score (nSPS) is 10.6. The highest BCUT2D eigenvalue weighted by molar-refractivity contribution is 6.09. The molecule has 1 amide bonds. The summed E-state index contributed by atoms with van der Waals surface area (Å²) >= 11 is 0. The first kappa shape index (κ1) is 17.0. The molecule has 4 nitrogen and oxygen atoms in total. The minimum Gasteiger partial charge on any atom is -0.494 e. The van der Waals surface area contributed by atoms with Gasteiger partial charge in [0.05, 0.1) is 17.8 Å². The molecule has 3 aromatic rings. The molecular formula is C21H22N2O2. The summed E-state index contributed by atoms with van der Waals surface area (Å²) in [7, 11) is 0. The maximum Gasteiger partial charge on any atom is 0.255 e. The van der Waals surface area contributed by atoms with Crippen LogP contribution in [-0.4, -0.2) is 17.5 Å². The molecule has 0 spiro atoms. The Morgan fingerprint density at radius 1 is 1.16 bits per heavy atom. The second kappa shape index (κ2) is 7.79. The fourth-order valence-electron chi connectivity index (χ4n) is 2.68. The number of unbranched alkanes of at least 4 members (excludes halogenated alkanes) is 1. The highest BCUT2D eigenvalue weighted by Crippen LogP contribution is 2.25. The number of fused-ring (bicyclic) bond motifs is 1. The summed E-state index contributed by atoms with van der Waals surface area (Å²) in [5.74, 6) is 0.562. The van der Waals surface area contributed by atoms with Gasteiger partial charge in [0, 0.05) is 17.1 Å². The van der Waals surface area contributed by atoms with Crippen LogP contribution in [0.25, 0.3) is 10.9 Å². The van der Waals surface area contributed by atoms with Gasteiger partial charge in [-0.1, -0.05) is 25.5 Å². The molecule has 0 radical (unpaired) electrons. The Hall–Kier alpha value is -2.88. The molecule has 0 aliphatic heterocycles. The number of aromatic nitrogens is 1. The molecule has 0 bridgehead atoms. The first-order valence-corrected chi connectivity index (χ1v) is 8.57. The van der Waals surface area contributed by atoms with Gasteiger partial charge in [-0.15, -0.1) is 0 Å². The van der Waals surface area contributed by atoms with Crippen molar-refractivity contribution in [2.75, 3.05) is 11.9 Å². The number of nitrogens with zero attached hydrogens (tertiary/aromatic N) is 1. The third-order valence-electron chi connectivity index (χ3n) is 4.08. The van der Waals surface area contributed by atoms with Gasteiger partial charge >= 0.3 is 0 Å².